The Hall–Kier alpha value is -1.92. The summed E-state index contributed by atoms with van der Waals surface area (Å²) < 4.78 is 0. The van der Waals surface area contributed by atoms with Gasteiger partial charge in [-0.2, -0.15) is 0 Å². The number of aryl methyl sites for hydroxylation is 2. The van der Waals surface area contributed by atoms with Crippen molar-refractivity contribution in [3.05, 3.63) is 44.6 Å². The van der Waals surface area contributed by atoms with Crippen LogP contribution >= 0.6 is 22.7 Å². The number of pyridine rings is 1. The second-order valence-electron chi connectivity index (χ2n) is 7.48. The molecule has 6 heteroatoms. The summed E-state index contributed by atoms with van der Waals surface area (Å²) in [6.45, 7) is 10.3. The lowest BCUT2D eigenvalue weighted by Gasteiger charge is -2.44. The van der Waals surface area contributed by atoms with E-state index in [1.807, 2.05) is 17.9 Å². The number of rotatable bonds is 1. The Balaban J connectivity index is 1.96. The Bertz CT molecular complexity index is 967. The standard InChI is InChI=1S/C19H21N3OS2/c1-10-9-11(2)20-17-13(10)14-15(25-17)18(23)22(19(3,4)5)16(21-14)12-7-6-8-24-12/h6-9,16,21H,1-5H3/t16-/m0/s1. The lowest BCUT2D eigenvalue weighted by Crippen LogP contribution is -2.52. The molecule has 4 heterocycles. The van der Waals surface area contributed by atoms with Crippen molar-refractivity contribution in [2.45, 2.75) is 46.3 Å². The van der Waals surface area contributed by atoms with Crippen molar-refractivity contribution in [3.63, 3.8) is 0 Å². The molecule has 0 saturated heterocycles. The molecular formula is C19H21N3OS2. The first kappa shape index (κ1) is 16.5. The van der Waals surface area contributed by atoms with Crippen molar-refractivity contribution in [1.82, 2.24) is 9.88 Å². The highest BCUT2D eigenvalue weighted by atomic mass is 32.1. The van der Waals surface area contributed by atoms with E-state index in [1.54, 1.807) is 11.3 Å². The van der Waals surface area contributed by atoms with Gasteiger partial charge >= 0.3 is 0 Å². The summed E-state index contributed by atoms with van der Waals surface area (Å²) in [4.78, 5) is 22.9. The van der Waals surface area contributed by atoms with Crippen molar-refractivity contribution < 1.29 is 4.79 Å². The molecule has 3 aromatic rings. The van der Waals surface area contributed by atoms with E-state index in [4.69, 9.17) is 0 Å². The fraction of sp³-hybridized carbons (Fsp3) is 0.368. The van der Waals surface area contributed by atoms with Gasteiger partial charge in [0.1, 0.15) is 15.9 Å². The zero-order valence-electron chi connectivity index (χ0n) is 15.0. The first-order valence-corrected chi connectivity index (χ1v) is 10.0. The minimum absolute atomic E-state index is 0.0831. The molecule has 3 aromatic heterocycles. The number of nitrogens with zero attached hydrogens (tertiary/aromatic N) is 2. The fourth-order valence-corrected chi connectivity index (χ4v) is 5.46. The van der Waals surface area contributed by atoms with Crippen LogP contribution in [0.4, 0.5) is 5.69 Å². The second kappa shape index (κ2) is 5.54. The monoisotopic (exact) mass is 371 g/mol. The lowest BCUT2D eigenvalue weighted by molar-refractivity contribution is 0.0466. The summed E-state index contributed by atoms with van der Waals surface area (Å²) in [7, 11) is 0. The van der Waals surface area contributed by atoms with Gasteiger partial charge in [0.25, 0.3) is 5.91 Å². The van der Waals surface area contributed by atoms with E-state index in [-0.39, 0.29) is 17.6 Å². The summed E-state index contributed by atoms with van der Waals surface area (Å²) in [6.07, 6.45) is -0.154. The number of hydrogen-bond acceptors (Lipinski definition) is 5. The van der Waals surface area contributed by atoms with Crippen LogP contribution in [0.3, 0.4) is 0 Å². The average Bonchev–Trinajstić information content (AvgIpc) is 3.12. The molecule has 130 valence electrons. The third-order valence-corrected chi connectivity index (χ3v) is 6.47. The molecule has 0 aromatic carbocycles. The number of hydrogen-bond donors (Lipinski definition) is 1. The van der Waals surface area contributed by atoms with Gasteiger partial charge in [-0.15, -0.1) is 22.7 Å². The minimum Gasteiger partial charge on any atom is -0.359 e. The molecular weight excluding hydrogens is 350 g/mol. The number of amides is 1. The van der Waals surface area contributed by atoms with E-state index in [0.717, 1.165) is 36.9 Å². The van der Waals surface area contributed by atoms with Crippen molar-refractivity contribution in [2.75, 3.05) is 5.32 Å². The van der Waals surface area contributed by atoms with Gasteiger partial charge < -0.3 is 10.2 Å². The highest BCUT2D eigenvalue weighted by Gasteiger charge is 2.42. The van der Waals surface area contributed by atoms with Gasteiger partial charge in [0.15, 0.2) is 0 Å². The maximum absolute atomic E-state index is 13.4. The zero-order valence-corrected chi connectivity index (χ0v) is 16.6. The highest BCUT2D eigenvalue weighted by Crippen LogP contribution is 2.46. The van der Waals surface area contributed by atoms with Crippen LogP contribution in [-0.4, -0.2) is 21.3 Å². The summed E-state index contributed by atoms with van der Waals surface area (Å²) in [5, 5.41) is 6.79. The van der Waals surface area contributed by atoms with Crippen molar-refractivity contribution in [1.29, 1.82) is 0 Å². The SMILES string of the molecule is Cc1cc(C)c2c3c(sc2n1)C(=O)N(C(C)(C)C)[C@@H](c1cccs1)N3. The molecule has 1 atom stereocenters. The molecule has 0 spiro atoms. The van der Waals surface area contributed by atoms with Crippen LogP contribution in [0.5, 0.6) is 0 Å². The van der Waals surface area contributed by atoms with Gasteiger partial charge in [-0.25, -0.2) is 4.98 Å². The van der Waals surface area contributed by atoms with E-state index in [1.165, 1.54) is 11.3 Å². The maximum Gasteiger partial charge on any atom is 0.268 e. The van der Waals surface area contributed by atoms with E-state index in [9.17, 15) is 4.79 Å². The predicted molar refractivity (Wildman–Crippen MR) is 106 cm³/mol. The third-order valence-electron chi connectivity index (χ3n) is 4.47. The smallest absolute Gasteiger partial charge is 0.268 e. The van der Waals surface area contributed by atoms with Crippen LogP contribution in [0.1, 0.15) is 52.7 Å². The molecule has 0 bridgehead atoms. The van der Waals surface area contributed by atoms with Gasteiger partial charge in [-0.1, -0.05) is 6.07 Å². The Morgan fingerprint density at radius 2 is 2.04 bits per heavy atom. The Morgan fingerprint density at radius 1 is 1.28 bits per heavy atom. The fourth-order valence-electron chi connectivity index (χ4n) is 3.50. The molecule has 1 amide bonds. The van der Waals surface area contributed by atoms with Gasteiger partial charge in [-0.3, -0.25) is 4.79 Å². The van der Waals surface area contributed by atoms with Gasteiger partial charge in [0.05, 0.1) is 5.69 Å². The van der Waals surface area contributed by atoms with E-state index >= 15 is 0 Å². The molecule has 0 radical (unpaired) electrons. The molecule has 25 heavy (non-hydrogen) atoms. The number of anilines is 1. The number of nitrogens with one attached hydrogen (secondary N) is 1. The largest absolute Gasteiger partial charge is 0.359 e. The number of carbonyl (C=O) groups is 1. The Morgan fingerprint density at radius 3 is 2.68 bits per heavy atom. The lowest BCUT2D eigenvalue weighted by atomic mass is 10.0. The second-order valence-corrected chi connectivity index (χ2v) is 9.45. The van der Waals surface area contributed by atoms with E-state index in [2.05, 4.69) is 55.5 Å². The third kappa shape index (κ3) is 2.55. The van der Waals surface area contributed by atoms with Gasteiger partial charge in [0.2, 0.25) is 0 Å². The first-order chi connectivity index (χ1) is 11.8. The van der Waals surface area contributed by atoms with Crippen molar-refractivity contribution >= 4 is 44.5 Å². The van der Waals surface area contributed by atoms with Gasteiger partial charge in [0, 0.05) is 21.5 Å². The Kier molecular flexibility index (Phi) is 3.67. The normalized spacial score (nSPS) is 17.7. The molecule has 1 aliphatic heterocycles. The van der Waals surface area contributed by atoms with E-state index in [0.29, 0.717) is 0 Å². The van der Waals surface area contributed by atoms with Crippen LogP contribution in [0.15, 0.2) is 23.6 Å². The molecule has 1 aliphatic rings. The molecule has 1 N–H and O–H groups in total. The number of thiophene rings is 2. The molecule has 4 nitrogen and oxygen atoms in total. The highest BCUT2D eigenvalue weighted by molar-refractivity contribution is 7.21. The summed E-state index contributed by atoms with van der Waals surface area (Å²) in [5.41, 5.74) is 2.80. The molecule has 0 unspecified atom stereocenters. The number of carbonyl (C=O) groups excluding carboxylic acids is 1. The van der Waals surface area contributed by atoms with Crippen LogP contribution in [0.25, 0.3) is 10.2 Å². The summed E-state index contributed by atoms with van der Waals surface area (Å²) >= 11 is 3.17. The average molecular weight is 372 g/mol. The van der Waals surface area contributed by atoms with Gasteiger partial charge in [-0.05, 0) is 57.7 Å². The number of fused-ring (bicyclic) bond motifs is 3. The van der Waals surface area contributed by atoms with Crippen LogP contribution in [0, 0.1) is 13.8 Å². The quantitative estimate of drug-likeness (QED) is 0.628. The number of aromatic nitrogens is 1. The van der Waals surface area contributed by atoms with Crippen LogP contribution < -0.4 is 5.32 Å². The molecule has 0 aliphatic carbocycles. The Labute approximate surface area is 155 Å². The van der Waals surface area contributed by atoms with E-state index < -0.39 is 0 Å². The predicted octanol–water partition coefficient (Wildman–Crippen LogP) is 5.34. The van der Waals surface area contributed by atoms with Crippen LogP contribution in [-0.2, 0) is 0 Å². The van der Waals surface area contributed by atoms with Crippen molar-refractivity contribution in [2.24, 2.45) is 0 Å². The first-order valence-electron chi connectivity index (χ1n) is 8.31. The molecule has 0 fully saturated rings. The molecule has 0 saturated carbocycles. The molecule has 4 rings (SSSR count). The summed E-state index contributed by atoms with van der Waals surface area (Å²) in [5.74, 6) is 0.0831. The zero-order chi connectivity index (χ0) is 17.9. The topological polar surface area (TPSA) is 45.2 Å². The summed E-state index contributed by atoms with van der Waals surface area (Å²) in [6, 6.07) is 6.20. The van der Waals surface area contributed by atoms with Crippen molar-refractivity contribution in [3.8, 4) is 0 Å². The van der Waals surface area contributed by atoms with Crippen LogP contribution in [0.2, 0.25) is 0 Å². The maximum atomic E-state index is 13.4. The minimum atomic E-state index is -0.287.